The number of benzene rings is 1. The Morgan fingerprint density at radius 1 is 1.54 bits per heavy atom. The van der Waals surface area contributed by atoms with Crippen LogP contribution in [0, 0.1) is 5.82 Å². The predicted octanol–water partition coefficient (Wildman–Crippen LogP) is 1.22. The third-order valence-electron chi connectivity index (χ3n) is 1.75. The fraction of sp³-hybridized carbons (Fsp3) is 0. The zero-order valence-electron chi connectivity index (χ0n) is 6.41. The summed E-state index contributed by atoms with van der Waals surface area (Å²) in [6, 6.07) is 2.07. The standard InChI is InChI=1S/C8H5FN2O2/c9-4-1-5-8(7(13)2-4)6(3-12)11-10-5/h1-3,13H,(H,10,11). The van der Waals surface area contributed by atoms with Crippen LogP contribution in [0.4, 0.5) is 4.39 Å². The molecule has 1 heterocycles. The first kappa shape index (κ1) is 7.72. The second kappa shape index (κ2) is 2.55. The average Bonchev–Trinajstić information content (AvgIpc) is 2.47. The van der Waals surface area contributed by atoms with E-state index in [1.54, 1.807) is 0 Å². The number of aromatic hydroxyl groups is 1. The second-order valence-corrected chi connectivity index (χ2v) is 2.57. The minimum Gasteiger partial charge on any atom is -0.507 e. The van der Waals surface area contributed by atoms with Crippen molar-refractivity contribution in [2.24, 2.45) is 0 Å². The number of halogens is 1. The highest BCUT2D eigenvalue weighted by atomic mass is 19.1. The van der Waals surface area contributed by atoms with E-state index in [0.717, 1.165) is 12.1 Å². The monoisotopic (exact) mass is 180 g/mol. The smallest absolute Gasteiger partial charge is 0.168 e. The quantitative estimate of drug-likeness (QED) is 0.648. The maximum atomic E-state index is 12.7. The van der Waals surface area contributed by atoms with E-state index in [1.807, 2.05) is 0 Å². The van der Waals surface area contributed by atoms with Gasteiger partial charge >= 0.3 is 0 Å². The summed E-state index contributed by atoms with van der Waals surface area (Å²) in [4.78, 5) is 10.4. The van der Waals surface area contributed by atoms with Gasteiger partial charge in [0.25, 0.3) is 0 Å². The molecule has 13 heavy (non-hydrogen) atoms. The van der Waals surface area contributed by atoms with Crippen molar-refractivity contribution in [2.45, 2.75) is 0 Å². The Hall–Kier alpha value is -1.91. The fourth-order valence-corrected chi connectivity index (χ4v) is 1.20. The van der Waals surface area contributed by atoms with Crippen molar-refractivity contribution in [1.29, 1.82) is 0 Å². The number of fused-ring (bicyclic) bond motifs is 1. The molecule has 4 nitrogen and oxygen atoms in total. The molecule has 2 rings (SSSR count). The maximum absolute atomic E-state index is 12.7. The van der Waals surface area contributed by atoms with E-state index in [0.29, 0.717) is 6.29 Å². The van der Waals surface area contributed by atoms with Gasteiger partial charge in [-0.15, -0.1) is 0 Å². The third kappa shape index (κ3) is 1.05. The number of nitrogens with zero attached hydrogens (tertiary/aromatic N) is 1. The molecular formula is C8H5FN2O2. The zero-order valence-corrected chi connectivity index (χ0v) is 6.41. The van der Waals surface area contributed by atoms with Gasteiger partial charge in [0, 0.05) is 12.1 Å². The molecule has 0 atom stereocenters. The van der Waals surface area contributed by atoms with Crippen LogP contribution in [-0.4, -0.2) is 21.6 Å². The van der Waals surface area contributed by atoms with Crippen molar-refractivity contribution in [3.63, 3.8) is 0 Å². The molecule has 0 aliphatic heterocycles. The van der Waals surface area contributed by atoms with Gasteiger partial charge in [0.2, 0.25) is 0 Å². The van der Waals surface area contributed by atoms with Crippen LogP contribution in [0.5, 0.6) is 5.75 Å². The van der Waals surface area contributed by atoms with Crippen LogP contribution in [0.2, 0.25) is 0 Å². The van der Waals surface area contributed by atoms with Crippen LogP contribution in [-0.2, 0) is 0 Å². The van der Waals surface area contributed by atoms with Crippen LogP contribution in [0.1, 0.15) is 10.5 Å². The summed E-state index contributed by atoms with van der Waals surface area (Å²) in [5.41, 5.74) is 0.382. The molecule has 0 aliphatic carbocycles. The second-order valence-electron chi connectivity index (χ2n) is 2.57. The molecule has 0 unspecified atom stereocenters. The number of aldehydes is 1. The zero-order chi connectivity index (χ0) is 9.42. The van der Waals surface area contributed by atoms with Gasteiger partial charge in [-0.3, -0.25) is 9.89 Å². The van der Waals surface area contributed by atoms with Gasteiger partial charge < -0.3 is 5.11 Å². The van der Waals surface area contributed by atoms with Gasteiger partial charge in [0.1, 0.15) is 17.3 Å². The van der Waals surface area contributed by atoms with Crippen molar-refractivity contribution in [1.82, 2.24) is 10.2 Å². The fourth-order valence-electron chi connectivity index (χ4n) is 1.20. The lowest BCUT2D eigenvalue weighted by Gasteiger charge is -1.94. The van der Waals surface area contributed by atoms with E-state index in [2.05, 4.69) is 10.2 Å². The SMILES string of the molecule is O=Cc1[nH]nc2cc(F)cc(O)c12. The molecule has 0 bridgehead atoms. The molecule has 5 heteroatoms. The largest absolute Gasteiger partial charge is 0.507 e. The Labute approximate surface area is 72.0 Å². The van der Waals surface area contributed by atoms with Crippen LogP contribution in [0.25, 0.3) is 10.9 Å². The molecule has 2 N–H and O–H groups in total. The summed E-state index contributed by atoms with van der Waals surface area (Å²) in [6.07, 6.45) is 0.521. The first-order valence-electron chi connectivity index (χ1n) is 3.54. The van der Waals surface area contributed by atoms with Crippen molar-refractivity contribution in [3.8, 4) is 5.75 Å². The van der Waals surface area contributed by atoms with Gasteiger partial charge in [0.15, 0.2) is 6.29 Å². The number of hydrogen-bond donors (Lipinski definition) is 2. The van der Waals surface area contributed by atoms with Gasteiger partial charge in [-0.25, -0.2) is 4.39 Å². The highest BCUT2D eigenvalue weighted by Gasteiger charge is 2.10. The number of carbonyl (C=O) groups is 1. The minimum absolute atomic E-state index is 0.146. The van der Waals surface area contributed by atoms with E-state index >= 15 is 0 Å². The van der Waals surface area contributed by atoms with Crippen LogP contribution < -0.4 is 0 Å². The Morgan fingerprint density at radius 2 is 2.31 bits per heavy atom. The number of hydrogen-bond acceptors (Lipinski definition) is 3. The number of aromatic nitrogens is 2. The lowest BCUT2D eigenvalue weighted by Crippen LogP contribution is -1.80. The van der Waals surface area contributed by atoms with Gasteiger partial charge in [-0.05, 0) is 0 Å². The predicted molar refractivity (Wildman–Crippen MR) is 43.1 cm³/mol. The number of phenols is 1. The van der Waals surface area contributed by atoms with Crippen molar-refractivity contribution < 1.29 is 14.3 Å². The van der Waals surface area contributed by atoms with E-state index in [1.165, 1.54) is 0 Å². The molecular weight excluding hydrogens is 175 g/mol. The first-order valence-corrected chi connectivity index (χ1v) is 3.54. The summed E-state index contributed by atoms with van der Waals surface area (Å²) in [6.45, 7) is 0. The summed E-state index contributed by atoms with van der Waals surface area (Å²) in [7, 11) is 0. The molecule has 0 saturated carbocycles. The summed E-state index contributed by atoms with van der Waals surface area (Å²) in [5.74, 6) is -0.875. The van der Waals surface area contributed by atoms with Crippen molar-refractivity contribution in [2.75, 3.05) is 0 Å². The molecule has 0 aliphatic rings. The Kier molecular flexibility index (Phi) is 1.51. The van der Waals surface area contributed by atoms with E-state index < -0.39 is 5.82 Å². The summed E-state index contributed by atoms with van der Waals surface area (Å²) >= 11 is 0. The minimum atomic E-state index is -0.589. The average molecular weight is 180 g/mol. The number of nitrogens with one attached hydrogen (secondary N) is 1. The van der Waals surface area contributed by atoms with E-state index in [9.17, 15) is 14.3 Å². The number of aromatic amines is 1. The summed E-state index contributed by atoms with van der Waals surface area (Å²) < 4.78 is 12.7. The van der Waals surface area contributed by atoms with E-state index in [-0.39, 0.29) is 22.3 Å². The number of rotatable bonds is 1. The van der Waals surface area contributed by atoms with Gasteiger partial charge in [-0.2, -0.15) is 5.10 Å². The maximum Gasteiger partial charge on any atom is 0.168 e. The lowest BCUT2D eigenvalue weighted by atomic mass is 10.2. The highest BCUT2D eigenvalue weighted by Crippen LogP contribution is 2.26. The summed E-state index contributed by atoms with van der Waals surface area (Å²) in [5, 5.41) is 15.6. The topological polar surface area (TPSA) is 66.0 Å². The Bertz CT molecular complexity index is 478. The highest BCUT2D eigenvalue weighted by molar-refractivity contribution is 5.98. The number of carbonyl (C=O) groups excluding carboxylic acids is 1. The van der Waals surface area contributed by atoms with Gasteiger partial charge in [0.05, 0.1) is 10.9 Å². The Balaban J connectivity index is 2.89. The van der Waals surface area contributed by atoms with Crippen molar-refractivity contribution >= 4 is 17.2 Å². The normalized spacial score (nSPS) is 10.5. The first-order chi connectivity index (χ1) is 6.22. The Morgan fingerprint density at radius 3 is 3.00 bits per heavy atom. The number of phenolic OH excluding ortho intramolecular Hbond substituents is 1. The number of H-pyrrole nitrogens is 1. The molecule has 1 aromatic heterocycles. The molecule has 0 saturated heterocycles. The molecule has 0 spiro atoms. The van der Waals surface area contributed by atoms with Crippen molar-refractivity contribution in [3.05, 3.63) is 23.6 Å². The third-order valence-corrected chi connectivity index (χ3v) is 1.75. The van der Waals surface area contributed by atoms with E-state index in [4.69, 9.17) is 0 Å². The lowest BCUT2D eigenvalue weighted by molar-refractivity contribution is 0.112. The molecule has 0 fully saturated rings. The molecule has 0 amide bonds. The molecule has 1 aromatic carbocycles. The van der Waals surface area contributed by atoms with Crippen LogP contribution in [0.3, 0.4) is 0 Å². The van der Waals surface area contributed by atoms with Crippen LogP contribution >= 0.6 is 0 Å². The molecule has 0 radical (unpaired) electrons. The van der Waals surface area contributed by atoms with Crippen LogP contribution in [0.15, 0.2) is 12.1 Å². The molecule has 2 aromatic rings. The molecule has 66 valence electrons. The van der Waals surface area contributed by atoms with Gasteiger partial charge in [-0.1, -0.05) is 0 Å².